The lowest BCUT2D eigenvalue weighted by Crippen LogP contribution is -2.53. The molecule has 20 heavy (non-hydrogen) atoms. The first-order valence-electron chi connectivity index (χ1n) is 7.35. The van der Waals surface area contributed by atoms with Gasteiger partial charge in [-0.25, -0.2) is 4.39 Å². The Kier molecular flexibility index (Phi) is 4.47. The van der Waals surface area contributed by atoms with Gasteiger partial charge in [0.2, 0.25) is 0 Å². The Morgan fingerprint density at radius 2 is 1.85 bits per heavy atom. The van der Waals surface area contributed by atoms with Crippen molar-refractivity contribution >= 4 is 0 Å². The molecule has 0 spiro atoms. The minimum atomic E-state index is -0.221. The van der Waals surface area contributed by atoms with Gasteiger partial charge in [0.25, 0.3) is 0 Å². The Morgan fingerprint density at radius 1 is 1.25 bits per heavy atom. The number of aryl methyl sites for hydroxylation is 2. The summed E-state index contributed by atoms with van der Waals surface area (Å²) in [5.74, 6) is 5.62. The number of hydrazine groups is 1. The molecule has 1 aromatic carbocycles. The SMILES string of the molecule is Cc1cc(C)c(C(NN)C(C)(C)N2CCCC2)c(F)c1. The highest BCUT2D eigenvalue weighted by atomic mass is 19.1. The number of nitrogens with zero attached hydrogens (tertiary/aromatic N) is 1. The summed E-state index contributed by atoms with van der Waals surface area (Å²) >= 11 is 0. The molecule has 1 fully saturated rings. The topological polar surface area (TPSA) is 41.3 Å². The third-order valence-corrected chi connectivity index (χ3v) is 4.56. The monoisotopic (exact) mass is 279 g/mol. The zero-order valence-electron chi connectivity index (χ0n) is 13.0. The van der Waals surface area contributed by atoms with E-state index in [0.717, 1.165) is 24.2 Å². The molecule has 3 N–H and O–H groups in total. The average Bonchev–Trinajstić information content (AvgIpc) is 2.87. The second-order valence-corrected chi connectivity index (χ2v) is 6.42. The maximum Gasteiger partial charge on any atom is 0.128 e. The minimum absolute atomic E-state index is 0.169. The van der Waals surface area contributed by atoms with Gasteiger partial charge in [0.05, 0.1) is 6.04 Å². The molecule has 0 bridgehead atoms. The van der Waals surface area contributed by atoms with E-state index >= 15 is 0 Å². The molecular formula is C16H26FN3. The summed E-state index contributed by atoms with van der Waals surface area (Å²) in [6, 6.07) is 3.39. The molecule has 0 saturated carbocycles. The van der Waals surface area contributed by atoms with Crippen molar-refractivity contribution in [2.45, 2.75) is 52.1 Å². The predicted octanol–water partition coefficient (Wildman–Crippen LogP) is 2.82. The van der Waals surface area contributed by atoms with Crippen LogP contribution in [0, 0.1) is 19.7 Å². The fourth-order valence-electron chi connectivity index (χ4n) is 3.41. The number of benzene rings is 1. The van der Waals surface area contributed by atoms with Crippen LogP contribution < -0.4 is 11.3 Å². The maximum atomic E-state index is 14.5. The van der Waals surface area contributed by atoms with Gasteiger partial charge in [-0.2, -0.15) is 0 Å². The number of halogens is 1. The smallest absolute Gasteiger partial charge is 0.128 e. The third kappa shape index (κ3) is 2.73. The number of likely N-dealkylation sites (tertiary alicyclic amines) is 1. The fourth-order valence-corrected chi connectivity index (χ4v) is 3.41. The number of hydrogen-bond donors (Lipinski definition) is 2. The van der Waals surface area contributed by atoms with Gasteiger partial charge in [0.1, 0.15) is 5.82 Å². The van der Waals surface area contributed by atoms with Gasteiger partial charge in [-0.15, -0.1) is 0 Å². The van der Waals surface area contributed by atoms with Crippen molar-refractivity contribution in [1.29, 1.82) is 0 Å². The zero-order chi connectivity index (χ0) is 14.9. The molecular weight excluding hydrogens is 253 g/mol. The van der Waals surface area contributed by atoms with Crippen LogP contribution in [0.15, 0.2) is 12.1 Å². The highest BCUT2D eigenvalue weighted by Gasteiger charge is 2.39. The van der Waals surface area contributed by atoms with Crippen LogP contribution in [0.4, 0.5) is 4.39 Å². The number of nitrogens with two attached hydrogens (primary N) is 1. The van der Waals surface area contributed by atoms with Crippen molar-refractivity contribution in [2.75, 3.05) is 13.1 Å². The third-order valence-electron chi connectivity index (χ3n) is 4.56. The molecule has 1 saturated heterocycles. The Balaban J connectivity index is 2.41. The van der Waals surface area contributed by atoms with Crippen LogP contribution in [-0.4, -0.2) is 23.5 Å². The lowest BCUT2D eigenvalue weighted by molar-refractivity contribution is 0.105. The van der Waals surface area contributed by atoms with Crippen molar-refractivity contribution in [3.8, 4) is 0 Å². The second-order valence-electron chi connectivity index (χ2n) is 6.42. The van der Waals surface area contributed by atoms with Gasteiger partial charge in [-0.05, 0) is 70.8 Å². The van der Waals surface area contributed by atoms with E-state index in [2.05, 4.69) is 24.2 Å². The number of rotatable bonds is 4. The molecule has 1 aliphatic heterocycles. The van der Waals surface area contributed by atoms with Gasteiger partial charge < -0.3 is 0 Å². The van der Waals surface area contributed by atoms with E-state index in [1.165, 1.54) is 12.8 Å². The molecule has 3 nitrogen and oxygen atoms in total. The largest absolute Gasteiger partial charge is 0.296 e. The van der Waals surface area contributed by atoms with Gasteiger partial charge in [-0.1, -0.05) is 6.07 Å². The molecule has 1 aromatic rings. The summed E-state index contributed by atoms with van der Waals surface area (Å²) in [6.07, 6.45) is 2.41. The summed E-state index contributed by atoms with van der Waals surface area (Å²) in [5, 5.41) is 0. The van der Waals surface area contributed by atoms with Crippen LogP contribution in [-0.2, 0) is 0 Å². The quantitative estimate of drug-likeness (QED) is 0.658. The van der Waals surface area contributed by atoms with Crippen molar-refractivity contribution in [1.82, 2.24) is 10.3 Å². The maximum absolute atomic E-state index is 14.5. The van der Waals surface area contributed by atoms with Gasteiger partial charge in [-0.3, -0.25) is 16.2 Å². The summed E-state index contributed by atoms with van der Waals surface area (Å²) in [7, 11) is 0. The van der Waals surface area contributed by atoms with E-state index in [4.69, 9.17) is 5.84 Å². The standard InChI is InChI=1S/C16H26FN3/c1-11-9-12(2)14(13(17)10-11)15(19-18)16(3,4)20-7-5-6-8-20/h9-10,15,19H,5-8,18H2,1-4H3. The Hall–Kier alpha value is -0.970. The van der Waals surface area contributed by atoms with E-state index in [1.54, 1.807) is 6.07 Å². The number of hydrogen-bond acceptors (Lipinski definition) is 3. The first-order chi connectivity index (χ1) is 9.37. The summed E-state index contributed by atoms with van der Waals surface area (Å²) in [6.45, 7) is 10.3. The van der Waals surface area contributed by atoms with Crippen LogP contribution in [0.2, 0.25) is 0 Å². The molecule has 1 atom stereocenters. The highest BCUT2D eigenvalue weighted by Crippen LogP contribution is 2.36. The summed E-state index contributed by atoms with van der Waals surface area (Å²) in [4.78, 5) is 2.40. The fraction of sp³-hybridized carbons (Fsp3) is 0.625. The molecule has 1 aliphatic rings. The van der Waals surface area contributed by atoms with Crippen molar-refractivity contribution in [3.63, 3.8) is 0 Å². The Bertz CT molecular complexity index is 456. The molecule has 0 amide bonds. The van der Waals surface area contributed by atoms with E-state index in [9.17, 15) is 4.39 Å². The minimum Gasteiger partial charge on any atom is -0.296 e. The van der Waals surface area contributed by atoms with E-state index in [-0.39, 0.29) is 17.4 Å². The van der Waals surface area contributed by atoms with Crippen LogP contribution >= 0.6 is 0 Å². The average molecular weight is 279 g/mol. The van der Waals surface area contributed by atoms with E-state index < -0.39 is 0 Å². The van der Waals surface area contributed by atoms with Crippen molar-refractivity contribution in [2.24, 2.45) is 5.84 Å². The first-order valence-corrected chi connectivity index (χ1v) is 7.35. The molecule has 2 rings (SSSR count). The molecule has 112 valence electrons. The highest BCUT2D eigenvalue weighted by molar-refractivity contribution is 5.36. The van der Waals surface area contributed by atoms with E-state index in [0.29, 0.717) is 5.56 Å². The van der Waals surface area contributed by atoms with Crippen LogP contribution in [0.25, 0.3) is 0 Å². The number of nitrogens with one attached hydrogen (secondary N) is 1. The van der Waals surface area contributed by atoms with Crippen molar-refractivity contribution in [3.05, 3.63) is 34.6 Å². The lowest BCUT2D eigenvalue weighted by atomic mass is 9.84. The first kappa shape index (κ1) is 15.4. The van der Waals surface area contributed by atoms with Crippen molar-refractivity contribution < 1.29 is 4.39 Å². The molecule has 0 aromatic heterocycles. The van der Waals surface area contributed by atoms with Gasteiger partial charge in [0, 0.05) is 11.1 Å². The normalized spacial score (nSPS) is 18.5. The molecule has 1 heterocycles. The Labute approximate surface area is 121 Å². The van der Waals surface area contributed by atoms with Crippen LogP contribution in [0.5, 0.6) is 0 Å². The molecule has 4 heteroatoms. The summed E-state index contributed by atoms with van der Waals surface area (Å²) < 4.78 is 14.5. The van der Waals surface area contributed by atoms with E-state index in [1.807, 2.05) is 19.9 Å². The molecule has 0 radical (unpaired) electrons. The van der Waals surface area contributed by atoms with Gasteiger partial charge >= 0.3 is 0 Å². The summed E-state index contributed by atoms with van der Waals surface area (Å²) in [5.41, 5.74) is 5.23. The second kappa shape index (κ2) is 5.80. The van der Waals surface area contributed by atoms with Gasteiger partial charge in [0.15, 0.2) is 0 Å². The molecule has 1 unspecified atom stereocenters. The Morgan fingerprint density at radius 3 is 2.35 bits per heavy atom. The predicted molar refractivity (Wildman–Crippen MR) is 80.8 cm³/mol. The van der Waals surface area contributed by atoms with Crippen LogP contribution in [0.1, 0.15) is 49.4 Å². The zero-order valence-corrected chi connectivity index (χ0v) is 13.0. The van der Waals surface area contributed by atoms with Crippen LogP contribution in [0.3, 0.4) is 0 Å². The molecule has 0 aliphatic carbocycles. The lowest BCUT2D eigenvalue weighted by Gasteiger charge is -2.42.